The second kappa shape index (κ2) is 20.6. The molecule has 2 aliphatic rings. The number of carbonyl (C=O) groups excluding carboxylic acids is 2. The van der Waals surface area contributed by atoms with Crippen molar-refractivity contribution in [3.8, 4) is 0 Å². The Labute approximate surface area is 289 Å². The first-order valence-corrected chi connectivity index (χ1v) is 17.9. The fourth-order valence-electron chi connectivity index (χ4n) is 6.46. The number of hydrogen-bond acceptors (Lipinski definition) is 10. The zero-order valence-electron chi connectivity index (χ0n) is 31.3. The molecule has 12 unspecified atom stereocenters. The molecule has 0 aromatic carbocycles. The summed E-state index contributed by atoms with van der Waals surface area (Å²) in [5, 5.41) is 10.8. The largest absolute Gasteiger partial charge is 0.457 e. The average molecular weight is 681 g/mol. The Bertz CT molecular complexity index is 1070. The summed E-state index contributed by atoms with van der Waals surface area (Å²) in [6, 6.07) is 0. The molecule has 0 aliphatic carbocycles. The molecular formula is C38H64O10. The average Bonchev–Trinajstić information content (AvgIpc) is 3.77. The predicted octanol–water partition coefficient (Wildman–Crippen LogP) is 6.83. The molecule has 2 rings (SSSR count). The van der Waals surface area contributed by atoms with E-state index in [4.69, 9.17) is 33.2 Å². The van der Waals surface area contributed by atoms with Gasteiger partial charge in [-0.05, 0) is 84.8 Å². The van der Waals surface area contributed by atoms with E-state index in [0.29, 0.717) is 19.6 Å². The maximum absolute atomic E-state index is 13.0. The first kappa shape index (κ1) is 42.1. The van der Waals surface area contributed by atoms with E-state index >= 15 is 0 Å². The van der Waals surface area contributed by atoms with Crippen LogP contribution in [0.15, 0.2) is 36.0 Å². The molecule has 1 fully saturated rings. The molecular weight excluding hydrogens is 616 g/mol. The molecule has 0 aromatic rings. The molecule has 2 aliphatic heterocycles. The van der Waals surface area contributed by atoms with Gasteiger partial charge in [-0.2, -0.15) is 0 Å². The molecule has 2 heterocycles. The van der Waals surface area contributed by atoms with Gasteiger partial charge in [0.25, 0.3) is 0 Å². The van der Waals surface area contributed by atoms with Crippen LogP contribution in [0.1, 0.15) is 108 Å². The third kappa shape index (κ3) is 14.0. The fraction of sp³-hybridized carbons (Fsp3) is 0.789. The van der Waals surface area contributed by atoms with Gasteiger partial charge in [0, 0.05) is 32.0 Å². The van der Waals surface area contributed by atoms with E-state index in [1.807, 2.05) is 59.8 Å². The minimum absolute atomic E-state index is 0.0769. The predicted molar refractivity (Wildman–Crippen MR) is 185 cm³/mol. The van der Waals surface area contributed by atoms with Crippen LogP contribution in [0.2, 0.25) is 0 Å². The van der Waals surface area contributed by atoms with E-state index in [2.05, 4.69) is 26.8 Å². The summed E-state index contributed by atoms with van der Waals surface area (Å²) in [4.78, 5) is 25.1. The van der Waals surface area contributed by atoms with Gasteiger partial charge in [0.2, 0.25) is 0 Å². The lowest BCUT2D eigenvalue weighted by Crippen LogP contribution is -2.47. The Morgan fingerprint density at radius 2 is 1.75 bits per heavy atom. The molecule has 0 saturated carbocycles. The molecule has 48 heavy (non-hydrogen) atoms. The van der Waals surface area contributed by atoms with Gasteiger partial charge in [-0.3, -0.25) is 9.59 Å². The van der Waals surface area contributed by atoms with Crippen molar-refractivity contribution in [3.05, 3.63) is 36.0 Å². The van der Waals surface area contributed by atoms with Crippen LogP contribution in [0.3, 0.4) is 0 Å². The second-order valence-corrected chi connectivity index (χ2v) is 13.6. The number of esters is 2. The number of allylic oxidation sites excluding steroid dienone is 3. The molecule has 10 heteroatoms. The number of rotatable bonds is 17. The number of cyclic esters (lactones) is 1. The lowest BCUT2D eigenvalue weighted by atomic mass is 9.88. The summed E-state index contributed by atoms with van der Waals surface area (Å²) in [6.07, 6.45) is 9.33. The maximum Gasteiger partial charge on any atom is 0.309 e. The molecule has 1 N–H and O–H groups in total. The first-order chi connectivity index (χ1) is 22.6. The van der Waals surface area contributed by atoms with Crippen molar-refractivity contribution >= 4 is 11.9 Å². The monoisotopic (exact) mass is 680 g/mol. The minimum atomic E-state index is -1.01. The summed E-state index contributed by atoms with van der Waals surface area (Å²) < 4.78 is 41.3. The van der Waals surface area contributed by atoms with Crippen molar-refractivity contribution in [3.63, 3.8) is 0 Å². The Hall–Kier alpha value is -2.08. The third-order valence-electron chi connectivity index (χ3n) is 9.18. The summed E-state index contributed by atoms with van der Waals surface area (Å²) >= 11 is 0. The van der Waals surface area contributed by atoms with Crippen molar-refractivity contribution in [2.24, 2.45) is 17.8 Å². The van der Waals surface area contributed by atoms with Crippen molar-refractivity contribution in [2.45, 2.75) is 163 Å². The van der Waals surface area contributed by atoms with Gasteiger partial charge in [-0.15, -0.1) is 0 Å². The van der Waals surface area contributed by atoms with E-state index in [1.54, 1.807) is 13.0 Å². The topological polar surface area (TPSA) is 122 Å². The van der Waals surface area contributed by atoms with Crippen LogP contribution in [-0.2, 0) is 42.7 Å². The van der Waals surface area contributed by atoms with Gasteiger partial charge in [0.05, 0.1) is 30.8 Å². The van der Waals surface area contributed by atoms with Gasteiger partial charge in [-0.25, -0.2) is 0 Å². The zero-order chi connectivity index (χ0) is 36.0. The van der Waals surface area contributed by atoms with Crippen molar-refractivity contribution in [2.75, 3.05) is 13.2 Å². The fourth-order valence-corrected chi connectivity index (χ4v) is 6.46. The highest BCUT2D eigenvalue weighted by atomic mass is 16.7. The van der Waals surface area contributed by atoms with Crippen LogP contribution in [-0.4, -0.2) is 85.1 Å². The van der Waals surface area contributed by atoms with Crippen LogP contribution in [0.4, 0.5) is 0 Å². The number of ether oxygens (including phenoxy) is 7. The van der Waals surface area contributed by atoms with E-state index in [1.165, 1.54) is 6.92 Å². The van der Waals surface area contributed by atoms with Crippen molar-refractivity contribution < 1.29 is 47.9 Å². The van der Waals surface area contributed by atoms with Gasteiger partial charge in [-0.1, -0.05) is 52.0 Å². The van der Waals surface area contributed by atoms with Gasteiger partial charge < -0.3 is 38.3 Å². The molecule has 0 amide bonds. The van der Waals surface area contributed by atoms with Gasteiger partial charge >= 0.3 is 11.9 Å². The molecule has 12 atom stereocenters. The molecule has 0 aromatic heterocycles. The van der Waals surface area contributed by atoms with Gasteiger partial charge in [0.1, 0.15) is 17.8 Å². The highest BCUT2D eigenvalue weighted by Gasteiger charge is 2.46. The third-order valence-corrected chi connectivity index (χ3v) is 9.18. The van der Waals surface area contributed by atoms with E-state index in [0.717, 1.165) is 18.4 Å². The van der Waals surface area contributed by atoms with Crippen molar-refractivity contribution in [1.82, 2.24) is 0 Å². The van der Waals surface area contributed by atoms with Crippen LogP contribution in [0.5, 0.6) is 0 Å². The number of aliphatic hydroxyl groups excluding tert-OH is 1. The van der Waals surface area contributed by atoms with Gasteiger partial charge in [0.15, 0.2) is 12.6 Å². The number of epoxide rings is 1. The summed E-state index contributed by atoms with van der Waals surface area (Å²) in [6.45, 7) is 22.2. The molecule has 0 spiro atoms. The lowest BCUT2D eigenvalue weighted by Gasteiger charge is -2.38. The highest BCUT2D eigenvalue weighted by molar-refractivity contribution is 5.70. The molecule has 1 saturated heterocycles. The van der Waals surface area contributed by atoms with Crippen molar-refractivity contribution in [1.29, 1.82) is 0 Å². The van der Waals surface area contributed by atoms with E-state index in [-0.39, 0.29) is 55.2 Å². The Balaban J connectivity index is 2.16. The van der Waals surface area contributed by atoms with E-state index < -0.39 is 42.1 Å². The quantitative estimate of drug-likeness (QED) is 0.0575. The molecule has 10 nitrogen and oxygen atoms in total. The summed E-state index contributed by atoms with van der Waals surface area (Å²) in [5.41, 5.74) is -0.155. The van der Waals surface area contributed by atoms with Crippen LogP contribution < -0.4 is 0 Å². The molecule has 0 radical (unpaired) electrons. The lowest BCUT2D eigenvalue weighted by molar-refractivity contribution is -0.227. The Kier molecular flexibility index (Phi) is 18.0. The standard InChI is InChI=1S/C38H64O10/c1-12-32(45-29(9)42-13-2)27(7)37-33(46-37)22-24(4)16-15-17-25(5)36-26(6)18-19-34(44-28(8)39)38(11,48-30(10)43-14-3)21-20-31(40)23-35(41)47-36/h15-19,24,26-27,29-34,36-37,40H,12-14,20-23H2,1-11H3/b16-15+,19-18-,25-17+. The maximum atomic E-state index is 13.0. The SMILES string of the molecule is CCOC(C)OC(CC)C(C)C1OC1CC(C)/C=C/C=C(\C)C1OC(=O)CC(O)CCC(C)(OC(C)OCC)C(OC(C)=O)/C=C\C1C. The smallest absolute Gasteiger partial charge is 0.309 e. The normalized spacial score (nSPS) is 32.7. The van der Waals surface area contributed by atoms with Crippen LogP contribution >= 0.6 is 0 Å². The highest BCUT2D eigenvalue weighted by Crippen LogP contribution is 2.38. The first-order valence-electron chi connectivity index (χ1n) is 17.9. The van der Waals surface area contributed by atoms with Crippen LogP contribution in [0.25, 0.3) is 0 Å². The van der Waals surface area contributed by atoms with Crippen LogP contribution in [0, 0.1) is 17.8 Å². The minimum Gasteiger partial charge on any atom is -0.457 e. The number of carbonyl (C=O) groups is 2. The Morgan fingerprint density at radius 3 is 2.38 bits per heavy atom. The second-order valence-electron chi connectivity index (χ2n) is 13.6. The number of aliphatic hydroxyl groups is 1. The molecule has 0 bridgehead atoms. The zero-order valence-corrected chi connectivity index (χ0v) is 31.3. The molecule has 276 valence electrons. The number of hydrogen-bond donors (Lipinski definition) is 1. The summed E-state index contributed by atoms with van der Waals surface area (Å²) in [7, 11) is 0. The Morgan fingerprint density at radius 1 is 1.08 bits per heavy atom. The summed E-state index contributed by atoms with van der Waals surface area (Å²) in [5.74, 6) is -0.652. The van der Waals surface area contributed by atoms with E-state index in [9.17, 15) is 14.7 Å².